The van der Waals surface area contributed by atoms with E-state index in [1.165, 1.54) is 5.56 Å². The third-order valence-electron chi connectivity index (χ3n) is 4.28. The van der Waals surface area contributed by atoms with Gasteiger partial charge in [-0.05, 0) is 42.8 Å². The van der Waals surface area contributed by atoms with Gasteiger partial charge in [0.2, 0.25) is 11.8 Å². The predicted octanol–water partition coefficient (Wildman–Crippen LogP) is 3.77. The number of hydrogen-bond acceptors (Lipinski definition) is 5. The number of benzene rings is 1. The Hall–Kier alpha value is -2.24. The summed E-state index contributed by atoms with van der Waals surface area (Å²) in [5, 5.41) is 9.20. The molecule has 0 amide bonds. The zero-order chi connectivity index (χ0) is 16.4. The van der Waals surface area contributed by atoms with Crippen molar-refractivity contribution in [3.63, 3.8) is 0 Å². The smallest absolute Gasteiger partial charge is 0.247 e. The van der Waals surface area contributed by atoms with Crippen LogP contribution in [0.1, 0.15) is 23.8 Å². The van der Waals surface area contributed by atoms with Gasteiger partial charge in [-0.1, -0.05) is 23.7 Å². The van der Waals surface area contributed by atoms with Crippen molar-refractivity contribution in [2.75, 3.05) is 13.1 Å². The van der Waals surface area contributed by atoms with Crippen LogP contribution >= 0.6 is 11.6 Å². The minimum Gasteiger partial charge on any atom is -0.420 e. The van der Waals surface area contributed by atoms with Gasteiger partial charge >= 0.3 is 0 Å². The fourth-order valence-corrected chi connectivity index (χ4v) is 3.29. The van der Waals surface area contributed by atoms with E-state index in [2.05, 4.69) is 26.1 Å². The summed E-state index contributed by atoms with van der Waals surface area (Å²) >= 11 is 6.06. The standard InChI is InChI=1S/C18H17ClN4O/c19-16-3-1-2-13(10-16)11-23-9-6-15(12-23)18-22-21-17(24-18)14-4-7-20-8-5-14/h1-5,7-8,10,15H,6,9,11-12H2. The highest BCUT2D eigenvalue weighted by Crippen LogP contribution is 2.29. The highest BCUT2D eigenvalue weighted by atomic mass is 35.5. The molecule has 5 nitrogen and oxygen atoms in total. The molecular weight excluding hydrogens is 324 g/mol. The Kier molecular flexibility index (Phi) is 4.28. The van der Waals surface area contributed by atoms with E-state index >= 15 is 0 Å². The molecule has 122 valence electrons. The molecular formula is C18H17ClN4O. The van der Waals surface area contributed by atoms with E-state index in [-0.39, 0.29) is 5.92 Å². The number of halogens is 1. The molecule has 1 aliphatic rings. The Morgan fingerprint density at radius 2 is 2.04 bits per heavy atom. The van der Waals surface area contributed by atoms with E-state index in [1.807, 2.05) is 30.3 Å². The quantitative estimate of drug-likeness (QED) is 0.723. The van der Waals surface area contributed by atoms with Crippen LogP contribution in [0, 0.1) is 0 Å². The number of rotatable bonds is 4. The summed E-state index contributed by atoms with van der Waals surface area (Å²) in [6.07, 6.45) is 4.47. The van der Waals surface area contributed by atoms with Gasteiger partial charge < -0.3 is 4.42 Å². The first-order valence-electron chi connectivity index (χ1n) is 7.98. The van der Waals surface area contributed by atoms with E-state index in [0.717, 1.165) is 42.5 Å². The molecule has 4 rings (SSSR count). The third kappa shape index (κ3) is 3.32. The normalized spacial score (nSPS) is 18.1. The predicted molar refractivity (Wildman–Crippen MR) is 91.6 cm³/mol. The molecule has 1 unspecified atom stereocenters. The van der Waals surface area contributed by atoms with Gasteiger partial charge in [0, 0.05) is 36.1 Å². The number of likely N-dealkylation sites (tertiary alicyclic amines) is 1. The van der Waals surface area contributed by atoms with Crippen LogP contribution in [0.3, 0.4) is 0 Å². The second-order valence-electron chi connectivity index (χ2n) is 6.03. The van der Waals surface area contributed by atoms with Crippen LogP contribution in [0.25, 0.3) is 11.5 Å². The van der Waals surface area contributed by atoms with Gasteiger partial charge in [-0.25, -0.2) is 0 Å². The summed E-state index contributed by atoms with van der Waals surface area (Å²) < 4.78 is 5.87. The maximum absolute atomic E-state index is 6.06. The Morgan fingerprint density at radius 1 is 1.17 bits per heavy atom. The highest BCUT2D eigenvalue weighted by Gasteiger charge is 2.28. The number of aromatic nitrogens is 3. The summed E-state index contributed by atoms with van der Waals surface area (Å²) in [5.41, 5.74) is 2.13. The molecule has 0 saturated carbocycles. The molecule has 24 heavy (non-hydrogen) atoms. The van der Waals surface area contributed by atoms with Gasteiger partial charge in [0.15, 0.2) is 0 Å². The van der Waals surface area contributed by atoms with E-state index < -0.39 is 0 Å². The lowest BCUT2D eigenvalue weighted by Gasteiger charge is -2.15. The van der Waals surface area contributed by atoms with E-state index in [1.54, 1.807) is 12.4 Å². The topological polar surface area (TPSA) is 55.1 Å². The zero-order valence-electron chi connectivity index (χ0n) is 13.1. The van der Waals surface area contributed by atoms with Crippen molar-refractivity contribution < 1.29 is 4.42 Å². The summed E-state index contributed by atoms with van der Waals surface area (Å²) in [6, 6.07) is 11.8. The SMILES string of the molecule is Clc1cccc(CN2CCC(c3nnc(-c4ccncc4)o3)C2)c1. The minimum absolute atomic E-state index is 0.285. The minimum atomic E-state index is 0.285. The molecule has 1 fully saturated rings. The Balaban J connectivity index is 1.43. The molecule has 3 heterocycles. The maximum atomic E-state index is 6.06. The average Bonchev–Trinajstić information content (AvgIpc) is 3.25. The summed E-state index contributed by atoms with van der Waals surface area (Å²) in [6.45, 7) is 2.83. The third-order valence-corrected chi connectivity index (χ3v) is 4.52. The first-order valence-corrected chi connectivity index (χ1v) is 8.36. The molecule has 1 atom stereocenters. The monoisotopic (exact) mass is 340 g/mol. The van der Waals surface area contributed by atoms with Crippen molar-refractivity contribution in [1.29, 1.82) is 0 Å². The van der Waals surface area contributed by atoms with Crippen LogP contribution in [0.2, 0.25) is 5.02 Å². The van der Waals surface area contributed by atoms with Crippen molar-refractivity contribution in [2.24, 2.45) is 0 Å². The van der Waals surface area contributed by atoms with Gasteiger partial charge in [0.25, 0.3) is 0 Å². The van der Waals surface area contributed by atoms with Gasteiger partial charge in [-0.15, -0.1) is 10.2 Å². The van der Waals surface area contributed by atoms with Gasteiger partial charge in [0.05, 0.1) is 5.92 Å². The summed E-state index contributed by atoms with van der Waals surface area (Å²) in [7, 11) is 0. The van der Waals surface area contributed by atoms with E-state index in [9.17, 15) is 0 Å². The van der Waals surface area contributed by atoms with Gasteiger partial charge in [-0.2, -0.15) is 0 Å². The fourth-order valence-electron chi connectivity index (χ4n) is 3.08. The Bertz CT molecular complexity index is 821. The number of hydrogen-bond donors (Lipinski definition) is 0. The Labute approximate surface area is 145 Å². The second-order valence-corrected chi connectivity index (χ2v) is 6.47. The van der Waals surface area contributed by atoms with E-state index in [4.69, 9.17) is 16.0 Å². The molecule has 1 saturated heterocycles. The molecule has 0 radical (unpaired) electrons. The molecule has 1 aromatic carbocycles. The number of nitrogens with zero attached hydrogens (tertiary/aromatic N) is 4. The van der Waals surface area contributed by atoms with Gasteiger partial charge in [-0.3, -0.25) is 9.88 Å². The lowest BCUT2D eigenvalue weighted by molar-refractivity contribution is 0.320. The van der Waals surface area contributed by atoms with Crippen molar-refractivity contribution in [3.05, 3.63) is 65.3 Å². The molecule has 0 aliphatic carbocycles. The number of pyridine rings is 1. The fraction of sp³-hybridized carbons (Fsp3) is 0.278. The Morgan fingerprint density at radius 3 is 2.88 bits per heavy atom. The highest BCUT2D eigenvalue weighted by molar-refractivity contribution is 6.30. The molecule has 0 N–H and O–H groups in total. The average molecular weight is 341 g/mol. The van der Waals surface area contributed by atoms with Crippen molar-refractivity contribution in [2.45, 2.75) is 18.9 Å². The molecule has 0 spiro atoms. The maximum Gasteiger partial charge on any atom is 0.247 e. The van der Waals surface area contributed by atoms with Crippen LogP contribution in [0.15, 0.2) is 53.2 Å². The van der Waals surface area contributed by atoms with Crippen LogP contribution in [0.4, 0.5) is 0 Å². The van der Waals surface area contributed by atoms with Crippen LogP contribution in [0.5, 0.6) is 0 Å². The summed E-state index contributed by atoms with van der Waals surface area (Å²) in [4.78, 5) is 6.40. The van der Waals surface area contributed by atoms with Crippen LogP contribution in [-0.4, -0.2) is 33.2 Å². The lowest BCUT2D eigenvalue weighted by Crippen LogP contribution is -2.19. The molecule has 0 bridgehead atoms. The van der Waals surface area contributed by atoms with Crippen LogP contribution in [-0.2, 0) is 6.54 Å². The lowest BCUT2D eigenvalue weighted by atomic mass is 10.1. The summed E-state index contributed by atoms with van der Waals surface area (Å²) in [5.74, 6) is 1.56. The molecule has 1 aliphatic heterocycles. The van der Waals surface area contributed by atoms with E-state index in [0.29, 0.717) is 5.89 Å². The largest absolute Gasteiger partial charge is 0.420 e. The van der Waals surface area contributed by atoms with Crippen molar-refractivity contribution in [3.8, 4) is 11.5 Å². The van der Waals surface area contributed by atoms with Gasteiger partial charge in [0.1, 0.15) is 0 Å². The molecule has 2 aromatic heterocycles. The first kappa shape index (κ1) is 15.3. The zero-order valence-corrected chi connectivity index (χ0v) is 13.9. The molecule has 6 heteroatoms. The second kappa shape index (κ2) is 6.71. The van der Waals surface area contributed by atoms with Crippen molar-refractivity contribution >= 4 is 11.6 Å². The van der Waals surface area contributed by atoms with Crippen LogP contribution < -0.4 is 0 Å². The molecule has 3 aromatic rings. The van der Waals surface area contributed by atoms with Crippen molar-refractivity contribution in [1.82, 2.24) is 20.1 Å². The first-order chi connectivity index (χ1) is 11.8.